The van der Waals surface area contributed by atoms with Crippen LogP contribution in [-0.4, -0.2) is 44.5 Å². The molecule has 0 aliphatic carbocycles. The van der Waals surface area contributed by atoms with Gasteiger partial charge in [0.1, 0.15) is 5.84 Å². The van der Waals surface area contributed by atoms with Crippen LogP contribution in [0.15, 0.2) is 29.2 Å². The van der Waals surface area contributed by atoms with Crippen LogP contribution in [0.5, 0.6) is 0 Å². The van der Waals surface area contributed by atoms with Gasteiger partial charge in [-0.05, 0) is 31.0 Å². The maximum absolute atomic E-state index is 12.3. The molecule has 0 bridgehead atoms. The van der Waals surface area contributed by atoms with Gasteiger partial charge in [0, 0.05) is 18.7 Å². The zero-order chi connectivity index (χ0) is 15.5. The second-order valence-electron chi connectivity index (χ2n) is 5.62. The summed E-state index contributed by atoms with van der Waals surface area (Å²) >= 11 is 0. The predicted molar refractivity (Wildman–Crippen MR) is 84.3 cm³/mol. The van der Waals surface area contributed by atoms with Gasteiger partial charge >= 0.3 is 0 Å². The third-order valence-electron chi connectivity index (χ3n) is 4.15. The van der Waals surface area contributed by atoms with Crippen LogP contribution in [-0.2, 0) is 9.84 Å². The van der Waals surface area contributed by atoms with E-state index in [4.69, 9.17) is 11.1 Å². The monoisotopic (exact) mass is 309 g/mol. The minimum atomic E-state index is -3.27. The Morgan fingerprint density at radius 3 is 2.57 bits per heavy atom. The number of nitrogens with zero attached hydrogens (tertiary/aromatic N) is 1. The van der Waals surface area contributed by atoms with Crippen LogP contribution in [0.1, 0.15) is 25.3 Å². The highest BCUT2D eigenvalue weighted by Gasteiger charge is 2.23. The molecular formula is C15H23N3O2S. The van der Waals surface area contributed by atoms with E-state index in [0.717, 1.165) is 19.5 Å². The summed E-state index contributed by atoms with van der Waals surface area (Å²) in [4.78, 5) is 2.54. The molecule has 1 atom stereocenters. The van der Waals surface area contributed by atoms with E-state index in [2.05, 4.69) is 11.8 Å². The van der Waals surface area contributed by atoms with Crippen molar-refractivity contribution >= 4 is 15.7 Å². The zero-order valence-electron chi connectivity index (χ0n) is 12.4. The molecule has 0 aromatic heterocycles. The molecule has 6 heteroatoms. The van der Waals surface area contributed by atoms with Crippen molar-refractivity contribution in [2.45, 2.75) is 24.7 Å². The summed E-state index contributed by atoms with van der Waals surface area (Å²) in [6.45, 7) is 4.78. The number of nitrogens with two attached hydrogens (primary N) is 1. The summed E-state index contributed by atoms with van der Waals surface area (Å²) in [5.74, 6) is 0.798. The molecule has 21 heavy (non-hydrogen) atoms. The average molecular weight is 309 g/mol. The quantitative estimate of drug-likeness (QED) is 0.615. The molecule has 2 rings (SSSR count). The van der Waals surface area contributed by atoms with Crippen LogP contribution in [0.2, 0.25) is 0 Å². The molecule has 116 valence electrons. The Bertz CT molecular complexity index is 596. The highest BCUT2D eigenvalue weighted by molar-refractivity contribution is 7.91. The fraction of sp³-hybridized carbons (Fsp3) is 0.533. The second kappa shape index (κ2) is 6.58. The van der Waals surface area contributed by atoms with Gasteiger partial charge in [0.25, 0.3) is 0 Å². The number of benzene rings is 1. The Morgan fingerprint density at radius 1 is 1.38 bits per heavy atom. The lowest BCUT2D eigenvalue weighted by molar-refractivity contribution is 0.341. The lowest BCUT2D eigenvalue weighted by atomic mass is 10.1. The molecule has 1 aromatic carbocycles. The Balaban J connectivity index is 1.97. The zero-order valence-corrected chi connectivity index (χ0v) is 13.2. The molecule has 0 radical (unpaired) electrons. The largest absolute Gasteiger partial charge is 0.384 e. The molecule has 0 saturated carbocycles. The molecule has 1 fully saturated rings. The van der Waals surface area contributed by atoms with Gasteiger partial charge in [-0.15, -0.1) is 0 Å². The molecule has 1 heterocycles. The molecule has 1 aliphatic heterocycles. The Labute approximate surface area is 126 Å². The summed E-state index contributed by atoms with van der Waals surface area (Å²) in [6.07, 6.45) is 2.33. The van der Waals surface area contributed by atoms with Gasteiger partial charge in [-0.3, -0.25) is 5.41 Å². The number of amidine groups is 1. The highest BCUT2D eigenvalue weighted by Crippen LogP contribution is 2.19. The van der Waals surface area contributed by atoms with Crippen molar-refractivity contribution in [2.75, 3.05) is 25.4 Å². The standard InChI is InChI=1S/C15H23N3O2S/c1-2-12-7-8-18(11-12)9-10-21(19,20)14-5-3-13(4-6-14)15(16)17/h3-6,12H,2,7-11H2,1H3,(H3,16,17). The summed E-state index contributed by atoms with van der Waals surface area (Å²) in [7, 11) is -3.27. The van der Waals surface area contributed by atoms with Crippen molar-refractivity contribution in [1.29, 1.82) is 5.41 Å². The van der Waals surface area contributed by atoms with Gasteiger partial charge in [0.05, 0.1) is 10.6 Å². The first-order chi connectivity index (χ1) is 9.92. The first kappa shape index (κ1) is 16.0. The number of sulfone groups is 1. The van der Waals surface area contributed by atoms with Gasteiger partial charge in [-0.2, -0.15) is 0 Å². The van der Waals surface area contributed by atoms with E-state index in [1.54, 1.807) is 12.1 Å². The molecule has 1 unspecified atom stereocenters. The number of rotatable bonds is 6. The molecule has 3 N–H and O–H groups in total. The Kier molecular flexibility index (Phi) is 5.00. The van der Waals surface area contributed by atoms with Gasteiger partial charge in [0.15, 0.2) is 9.84 Å². The summed E-state index contributed by atoms with van der Waals surface area (Å²) in [6, 6.07) is 6.23. The van der Waals surface area contributed by atoms with Gasteiger partial charge in [-0.25, -0.2) is 8.42 Å². The molecule has 0 amide bonds. The molecule has 1 aliphatic rings. The van der Waals surface area contributed by atoms with E-state index in [9.17, 15) is 8.42 Å². The smallest absolute Gasteiger partial charge is 0.179 e. The van der Waals surface area contributed by atoms with Crippen LogP contribution >= 0.6 is 0 Å². The van der Waals surface area contributed by atoms with Crippen molar-refractivity contribution in [2.24, 2.45) is 11.7 Å². The van der Waals surface area contributed by atoms with E-state index in [0.29, 0.717) is 22.9 Å². The van der Waals surface area contributed by atoms with Gasteiger partial charge in [-0.1, -0.05) is 25.5 Å². The van der Waals surface area contributed by atoms with Crippen molar-refractivity contribution in [3.63, 3.8) is 0 Å². The minimum Gasteiger partial charge on any atom is -0.384 e. The predicted octanol–water partition coefficient (Wildman–Crippen LogP) is 1.48. The number of nitrogen functional groups attached to an aromatic ring is 1. The van der Waals surface area contributed by atoms with E-state index < -0.39 is 9.84 Å². The number of likely N-dealkylation sites (tertiary alicyclic amines) is 1. The van der Waals surface area contributed by atoms with Crippen molar-refractivity contribution in [1.82, 2.24) is 4.90 Å². The van der Waals surface area contributed by atoms with Crippen LogP contribution in [0.4, 0.5) is 0 Å². The van der Waals surface area contributed by atoms with Gasteiger partial charge < -0.3 is 10.6 Å². The number of hydrogen-bond acceptors (Lipinski definition) is 4. The van der Waals surface area contributed by atoms with E-state index in [-0.39, 0.29) is 11.6 Å². The molecule has 1 aromatic rings. The third kappa shape index (κ3) is 4.04. The molecule has 1 saturated heterocycles. The summed E-state index contributed by atoms with van der Waals surface area (Å²) in [5, 5.41) is 7.31. The fourth-order valence-electron chi connectivity index (χ4n) is 2.66. The average Bonchev–Trinajstić information content (AvgIpc) is 2.93. The highest BCUT2D eigenvalue weighted by atomic mass is 32.2. The number of nitrogens with one attached hydrogen (secondary N) is 1. The van der Waals surface area contributed by atoms with Crippen LogP contribution < -0.4 is 5.73 Å². The SMILES string of the molecule is CCC1CCN(CCS(=O)(=O)c2ccc(C(=N)N)cc2)C1. The normalized spacial score (nSPS) is 19.8. The third-order valence-corrected chi connectivity index (χ3v) is 5.86. The first-order valence-corrected chi connectivity index (χ1v) is 8.97. The molecular weight excluding hydrogens is 286 g/mol. The van der Waals surface area contributed by atoms with Crippen LogP contribution in [0, 0.1) is 11.3 Å². The van der Waals surface area contributed by atoms with E-state index in [1.807, 2.05) is 0 Å². The first-order valence-electron chi connectivity index (χ1n) is 7.32. The maximum atomic E-state index is 12.3. The van der Waals surface area contributed by atoms with Crippen molar-refractivity contribution in [3.8, 4) is 0 Å². The minimum absolute atomic E-state index is 0.0541. The second-order valence-corrected chi connectivity index (χ2v) is 7.73. The van der Waals surface area contributed by atoms with Crippen LogP contribution in [0.25, 0.3) is 0 Å². The number of hydrogen-bond donors (Lipinski definition) is 2. The van der Waals surface area contributed by atoms with E-state index >= 15 is 0 Å². The lowest BCUT2D eigenvalue weighted by Gasteiger charge is -2.15. The van der Waals surface area contributed by atoms with Gasteiger partial charge in [0.2, 0.25) is 0 Å². The topological polar surface area (TPSA) is 87.2 Å². The van der Waals surface area contributed by atoms with Crippen molar-refractivity contribution in [3.05, 3.63) is 29.8 Å². The Morgan fingerprint density at radius 2 is 2.05 bits per heavy atom. The van der Waals surface area contributed by atoms with E-state index in [1.165, 1.54) is 18.6 Å². The maximum Gasteiger partial charge on any atom is 0.179 e. The lowest BCUT2D eigenvalue weighted by Crippen LogP contribution is -2.27. The molecule has 0 spiro atoms. The van der Waals surface area contributed by atoms with Crippen LogP contribution in [0.3, 0.4) is 0 Å². The Hall–Kier alpha value is -1.40. The van der Waals surface area contributed by atoms with Crippen molar-refractivity contribution < 1.29 is 8.42 Å². The summed E-state index contributed by atoms with van der Waals surface area (Å²) < 4.78 is 24.6. The molecule has 5 nitrogen and oxygen atoms in total. The summed E-state index contributed by atoms with van der Waals surface area (Å²) in [5.41, 5.74) is 5.91. The fourth-order valence-corrected chi connectivity index (χ4v) is 3.94.